The van der Waals surface area contributed by atoms with Gasteiger partial charge in [0.25, 0.3) is 5.91 Å². The van der Waals surface area contributed by atoms with Crippen molar-refractivity contribution in [2.45, 2.75) is 31.9 Å². The Balaban J connectivity index is 1.41. The molecule has 1 amide bonds. The summed E-state index contributed by atoms with van der Waals surface area (Å²) < 4.78 is 0. The van der Waals surface area contributed by atoms with E-state index < -0.39 is 0 Å². The number of nitrogens with two attached hydrogens (primary N) is 1. The second kappa shape index (κ2) is 10.1. The lowest BCUT2D eigenvalue weighted by Gasteiger charge is -2.32. The molecule has 1 saturated heterocycles. The van der Waals surface area contributed by atoms with Crippen molar-refractivity contribution >= 4 is 18.9 Å². The third kappa shape index (κ3) is 4.78. The topological polar surface area (TPSA) is 86.8 Å². The van der Waals surface area contributed by atoms with Gasteiger partial charge in [-0.15, -0.1) is 0 Å². The van der Waals surface area contributed by atoms with E-state index in [-0.39, 0.29) is 12.5 Å². The molecule has 1 radical (unpaired) electrons. The molecule has 1 fully saturated rings. The Bertz CT molecular complexity index is 1080. The molecule has 1 aliphatic rings. The highest BCUT2D eigenvalue weighted by molar-refractivity contribution is 6.46. The summed E-state index contributed by atoms with van der Waals surface area (Å²) in [5, 5.41) is 18.8. The van der Waals surface area contributed by atoms with Crippen molar-refractivity contribution in [1.29, 1.82) is 0 Å². The minimum Gasteiger partial charge on any atom is -0.450 e. The van der Waals surface area contributed by atoms with E-state index in [1.165, 1.54) is 5.56 Å². The van der Waals surface area contributed by atoms with E-state index in [1.807, 2.05) is 41.3 Å². The first kappa shape index (κ1) is 22.3. The molecule has 163 valence electrons. The molecule has 0 aliphatic carbocycles. The lowest BCUT2D eigenvalue weighted by Crippen LogP contribution is -2.37. The maximum atomic E-state index is 13.0. The summed E-state index contributed by atoms with van der Waals surface area (Å²) in [5.74, 6) is 0.528. The Morgan fingerprint density at radius 2 is 1.72 bits per heavy atom. The number of carbonyl (C=O) groups is 1. The molecule has 1 heterocycles. The van der Waals surface area contributed by atoms with Crippen molar-refractivity contribution in [3.63, 3.8) is 0 Å². The van der Waals surface area contributed by atoms with E-state index in [9.17, 15) is 14.9 Å². The first-order chi connectivity index (χ1) is 15.6. The number of hydrogen-bond donors (Lipinski definition) is 3. The zero-order valence-corrected chi connectivity index (χ0v) is 18.1. The molecule has 3 aromatic carbocycles. The average molecular weight is 427 g/mol. The number of nitrogens with zero attached hydrogens (tertiary/aromatic N) is 1. The highest BCUT2D eigenvalue weighted by atomic mass is 16.3. The highest BCUT2D eigenvalue weighted by Crippen LogP contribution is 2.29. The molecule has 0 atom stereocenters. The fraction of sp³-hybridized carbons (Fsp3) is 0.269. The van der Waals surface area contributed by atoms with Gasteiger partial charge in [0.1, 0.15) is 0 Å². The molecule has 1 aliphatic heterocycles. The van der Waals surface area contributed by atoms with Gasteiger partial charge in [0.15, 0.2) is 0 Å². The smallest absolute Gasteiger partial charge is 0.327 e. The van der Waals surface area contributed by atoms with Crippen molar-refractivity contribution in [2.24, 2.45) is 5.73 Å². The third-order valence-electron chi connectivity index (χ3n) is 6.36. The zero-order valence-electron chi connectivity index (χ0n) is 18.1. The Morgan fingerprint density at radius 3 is 2.38 bits per heavy atom. The van der Waals surface area contributed by atoms with Crippen LogP contribution in [0.25, 0.3) is 11.1 Å². The van der Waals surface area contributed by atoms with Gasteiger partial charge in [0, 0.05) is 25.2 Å². The summed E-state index contributed by atoms with van der Waals surface area (Å²) in [6.45, 7) is 1.89. The van der Waals surface area contributed by atoms with Crippen LogP contribution in [0.5, 0.6) is 0 Å². The minimum atomic E-state index is -0.150. The minimum absolute atomic E-state index is 0.0620. The number of aliphatic hydroxyl groups excluding tert-OH is 1. The van der Waals surface area contributed by atoms with E-state index in [0.29, 0.717) is 29.1 Å². The van der Waals surface area contributed by atoms with Crippen molar-refractivity contribution in [3.05, 3.63) is 89.0 Å². The summed E-state index contributed by atoms with van der Waals surface area (Å²) in [5.41, 5.74) is 12.1. The van der Waals surface area contributed by atoms with Crippen molar-refractivity contribution in [2.75, 3.05) is 13.1 Å². The second-order valence-electron chi connectivity index (χ2n) is 8.29. The van der Waals surface area contributed by atoms with Crippen LogP contribution in [-0.4, -0.2) is 41.5 Å². The number of piperidine rings is 1. The van der Waals surface area contributed by atoms with Crippen LogP contribution < -0.4 is 11.2 Å². The van der Waals surface area contributed by atoms with Crippen LogP contribution in [0, 0.1) is 0 Å². The Morgan fingerprint density at radius 1 is 1.00 bits per heavy atom. The molecule has 3 aromatic rings. The quantitative estimate of drug-likeness (QED) is 0.528. The summed E-state index contributed by atoms with van der Waals surface area (Å²) in [7, 11) is 0.995. The number of carbonyl (C=O) groups excluding carboxylic acids is 1. The molecule has 0 spiro atoms. The van der Waals surface area contributed by atoms with Crippen molar-refractivity contribution in [3.8, 4) is 11.1 Å². The van der Waals surface area contributed by atoms with Crippen LogP contribution in [0.3, 0.4) is 0 Å². The number of aliphatic hydroxyl groups is 1. The number of amides is 1. The normalized spacial score (nSPS) is 14.4. The van der Waals surface area contributed by atoms with E-state index in [1.54, 1.807) is 6.07 Å². The van der Waals surface area contributed by atoms with Crippen molar-refractivity contribution < 1.29 is 14.9 Å². The second-order valence-corrected chi connectivity index (χ2v) is 8.29. The van der Waals surface area contributed by atoms with Crippen LogP contribution in [0.15, 0.2) is 66.7 Å². The number of benzene rings is 3. The predicted octanol–water partition coefficient (Wildman–Crippen LogP) is 2.56. The molecule has 6 heteroatoms. The number of hydrogen-bond acceptors (Lipinski definition) is 4. The van der Waals surface area contributed by atoms with Crippen LogP contribution in [0.2, 0.25) is 0 Å². The van der Waals surface area contributed by atoms with E-state index in [4.69, 9.17) is 5.73 Å². The summed E-state index contributed by atoms with van der Waals surface area (Å²) in [4.78, 5) is 15.0. The van der Waals surface area contributed by atoms with Gasteiger partial charge < -0.3 is 20.8 Å². The monoisotopic (exact) mass is 427 g/mol. The lowest BCUT2D eigenvalue weighted by atomic mass is 9.83. The molecule has 32 heavy (non-hydrogen) atoms. The van der Waals surface area contributed by atoms with Crippen LogP contribution in [-0.2, 0) is 13.2 Å². The first-order valence-corrected chi connectivity index (χ1v) is 11.0. The van der Waals surface area contributed by atoms with Gasteiger partial charge in [-0.3, -0.25) is 4.79 Å². The van der Waals surface area contributed by atoms with Gasteiger partial charge in [-0.05, 0) is 70.2 Å². The molecule has 0 saturated carbocycles. The summed E-state index contributed by atoms with van der Waals surface area (Å²) in [6, 6.07) is 21.6. The average Bonchev–Trinajstić information content (AvgIpc) is 2.88. The maximum Gasteiger partial charge on any atom is 0.327 e. The standard InChI is InChI=1S/C26H28BN2O3/c28-16-18-2-1-3-22(14-18)20-10-12-29(13-11-20)26(31)21-6-4-19(5-7-21)23-8-9-25(27-32)24(15-23)17-30/h1-9,14-15,20,30,32H,10-13,16-17,28H2. The summed E-state index contributed by atoms with van der Waals surface area (Å²) >= 11 is 0. The van der Waals surface area contributed by atoms with Gasteiger partial charge in [0.05, 0.1) is 6.61 Å². The lowest BCUT2D eigenvalue weighted by molar-refractivity contribution is 0.0713. The largest absolute Gasteiger partial charge is 0.450 e. The predicted molar refractivity (Wildman–Crippen MR) is 128 cm³/mol. The van der Waals surface area contributed by atoms with Crippen molar-refractivity contribution in [1.82, 2.24) is 4.90 Å². The number of likely N-dealkylation sites (tertiary alicyclic amines) is 1. The fourth-order valence-corrected chi connectivity index (χ4v) is 4.43. The number of rotatable bonds is 6. The molecule has 0 bridgehead atoms. The molecule has 4 N–H and O–H groups in total. The van der Waals surface area contributed by atoms with Gasteiger partial charge in [-0.2, -0.15) is 0 Å². The van der Waals surface area contributed by atoms with Crippen LogP contribution >= 0.6 is 0 Å². The van der Waals surface area contributed by atoms with Crippen LogP contribution in [0.1, 0.15) is 45.8 Å². The maximum absolute atomic E-state index is 13.0. The molecular formula is C26H28BN2O3. The molecular weight excluding hydrogens is 399 g/mol. The Hall–Kier alpha value is -2.93. The van der Waals surface area contributed by atoms with Gasteiger partial charge in [-0.25, -0.2) is 0 Å². The van der Waals surface area contributed by atoms with Gasteiger partial charge in [0.2, 0.25) is 0 Å². The van der Waals surface area contributed by atoms with Gasteiger partial charge in [-0.1, -0.05) is 48.5 Å². The zero-order chi connectivity index (χ0) is 22.5. The summed E-state index contributed by atoms with van der Waals surface area (Å²) in [6.07, 6.45) is 1.91. The Kier molecular flexibility index (Phi) is 7.05. The van der Waals surface area contributed by atoms with E-state index in [2.05, 4.69) is 24.3 Å². The SMILES string of the molecule is NCc1cccc(C2CCN(C(=O)c3ccc(-c4ccc([B]O)c(CO)c4)cc3)CC2)c1. The first-order valence-electron chi connectivity index (χ1n) is 11.0. The Labute approximate surface area is 189 Å². The molecule has 0 aromatic heterocycles. The third-order valence-corrected chi connectivity index (χ3v) is 6.36. The van der Waals surface area contributed by atoms with E-state index >= 15 is 0 Å². The highest BCUT2D eigenvalue weighted by Gasteiger charge is 2.24. The molecule has 5 nitrogen and oxygen atoms in total. The molecule has 0 unspecified atom stereocenters. The fourth-order valence-electron chi connectivity index (χ4n) is 4.43. The van der Waals surface area contributed by atoms with E-state index in [0.717, 1.165) is 50.1 Å². The van der Waals surface area contributed by atoms with Gasteiger partial charge >= 0.3 is 7.48 Å². The molecule has 4 rings (SSSR count). The van der Waals surface area contributed by atoms with Crippen LogP contribution in [0.4, 0.5) is 0 Å².